The minimum absolute atomic E-state index is 0.332. The Balaban J connectivity index is 2.24. The van der Waals surface area contributed by atoms with Gasteiger partial charge in [-0.2, -0.15) is 0 Å². The molecule has 1 aromatic rings. The van der Waals surface area contributed by atoms with Gasteiger partial charge in [-0.3, -0.25) is 4.90 Å². The highest BCUT2D eigenvalue weighted by atomic mass is 16.5. The summed E-state index contributed by atoms with van der Waals surface area (Å²) in [6, 6.07) is 6.82. The van der Waals surface area contributed by atoms with Gasteiger partial charge < -0.3 is 10.5 Å². The van der Waals surface area contributed by atoms with Gasteiger partial charge in [-0.1, -0.05) is 18.2 Å². The summed E-state index contributed by atoms with van der Waals surface area (Å²) in [6.07, 6.45) is 0. The lowest BCUT2D eigenvalue weighted by Crippen LogP contribution is -2.42. The summed E-state index contributed by atoms with van der Waals surface area (Å²) in [5, 5.41) is 0. The van der Waals surface area contributed by atoms with Crippen molar-refractivity contribution in [1.82, 2.24) is 4.90 Å². The van der Waals surface area contributed by atoms with E-state index in [0.717, 1.165) is 26.3 Å². The molecule has 0 radical (unpaired) electrons. The van der Waals surface area contributed by atoms with Crippen molar-refractivity contribution >= 4 is 0 Å². The fourth-order valence-corrected chi connectivity index (χ4v) is 2.50. The van der Waals surface area contributed by atoms with E-state index in [-0.39, 0.29) is 0 Å². The zero-order chi connectivity index (χ0) is 12.3. The fourth-order valence-electron chi connectivity index (χ4n) is 2.50. The number of ether oxygens (including phenoxy) is 1. The number of rotatable bonds is 3. The Morgan fingerprint density at radius 2 is 2.00 bits per heavy atom. The predicted molar refractivity (Wildman–Crippen MR) is 70.1 cm³/mol. The number of hydrogen-bond donors (Lipinski definition) is 1. The lowest BCUT2D eigenvalue weighted by molar-refractivity contribution is 0.0177. The quantitative estimate of drug-likeness (QED) is 0.864. The molecule has 94 valence electrons. The van der Waals surface area contributed by atoms with Crippen LogP contribution in [0.2, 0.25) is 0 Å². The van der Waals surface area contributed by atoms with Gasteiger partial charge in [-0.25, -0.2) is 0 Å². The Hall–Kier alpha value is -0.900. The Bertz CT molecular complexity index is 372. The van der Waals surface area contributed by atoms with Crippen molar-refractivity contribution in [2.75, 3.05) is 32.8 Å². The van der Waals surface area contributed by atoms with Gasteiger partial charge in [-0.15, -0.1) is 0 Å². The molecule has 1 heterocycles. The van der Waals surface area contributed by atoms with Crippen LogP contribution in [0.4, 0.5) is 0 Å². The topological polar surface area (TPSA) is 38.5 Å². The molecule has 1 unspecified atom stereocenters. The Morgan fingerprint density at radius 3 is 2.65 bits per heavy atom. The lowest BCUT2D eigenvalue weighted by atomic mass is 9.96. The van der Waals surface area contributed by atoms with Crippen molar-refractivity contribution in [2.45, 2.75) is 19.9 Å². The van der Waals surface area contributed by atoms with Crippen LogP contribution in [0.5, 0.6) is 0 Å². The van der Waals surface area contributed by atoms with Gasteiger partial charge in [0.2, 0.25) is 0 Å². The third-order valence-electron chi connectivity index (χ3n) is 3.72. The molecule has 1 aromatic carbocycles. The van der Waals surface area contributed by atoms with Gasteiger partial charge >= 0.3 is 0 Å². The molecular weight excluding hydrogens is 212 g/mol. The van der Waals surface area contributed by atoms with Crippen LogP contribution in [0.1, 0.15) is 22.7 Å². The van der Waals surface area contributed by atoms with Crippen molar-refractivity contribution in [1.29, 1.82) is 0 Å². The van der Waals surface area contributed by atoms with Crippen molar-refractivity contribution < 1.29 is 4.74 Å². The summed E-state index contributed by atoms with van der Waals surface area (Å²) in [5.74, 6) is 0. The maximum Gasteiger partial charge on any atom is 0.0594 e. The number of aryl methyl sites for hydroxylation is 1. The van der Waals surface area contributed by atoms with Gasteiger partial charge in [-0.05, 0) is 30.5 Å². The average Bonchev–Trinajstić information content (AvgIpc) is 2.37. The number of nitrogens with two attached hydrogens (primary N) is 1. The van der Waals surface area contributed by atoms with E-state index in [4.69, 9.17) is 10.5 Å². The van der Waals surface area contributed by atoms with Crippen LogP contribution in [0.25, 0.3) is 0 Å². The first kappa shape index (κ1) is 12.6. The molecule has 1 saturated heterocycles. The normalized spacial score (nSPS) is 19.2. The van der Waals surface area contributed by atoms with Crippen molar-refractivity contribution in [3.63, 3.8) is 0 Å². The van der Waals surface area contributed by atoms with E-state index in [1.807, 2.05) is 0 Å². The Labute approximate surface area is 104 Å². The van der Waals surface area contributed by atoms with E-state index in [1.165, 1.54) is 16.7 Å². The molecule has 0 amide bonds. The summed E-state index contributed by atoms with van der Waals surface area (Å²) in [4.78, 5) is 2.44. The smallest absolute Gasteiger partial charge is 0.0594 e. The number of nitrogens with zero attached hydrogens (tertiary/aromatic N) is 1. The van der Waals surface area contributed by atoms with E-state index < -0.39 is 0 Å². The van der Waals surface area contributed by atoms with Crippen LogP contribution in [0, 0.1) is 13.8 Å². The SMILES string of the molecule is Cc1cccc(C(CN)N2CCOCC2)c1C. The molecule has 0 bridgehead atoms. The summed E-state index contributed by atoms with van der Waals surface area (Å²) in [5.41, 5.74) is 10.1. The summed E-state index contributed by atoms with van der Waals surface area (Å²) >= 11 is 0. The summed E-state index contributed by atoms with van der Waals surface area (Å²) in [6.45, 7) is 8.62. The largest absolute Gasteiger partial charge is 0.379 e. The molecule has 1 fully saturated rings. The van der Waals surface area contributed by atoms with Gasteiger partial charge in [0.05, 0.1) is 13.2 Å². The standard InChI is InChI=1S/C14H22N2O/c1-11-4-3-5-13(12(11)2)14(10-15)16-6-8-17-9-7-16/h3-5,14H,6-10,15H2,1-2H3. The van der Waals surface area contributed by atoms with E-state index in [1.54, 1.807) is 0 Å². The van der Waals surface area contributed by atoms with Crippen LogP contribution >= 0.6 is 0 Å². The van der Waals surface area contributed by atoms with Crippen LogP contribution < -0.4 is 5.73 Å². The molecule has 1 aliphatic rings. The number of hydrogen-bond acceptors (Lipinski definition) is 3. The van der Waals surface area contributed by atoms with E-state index in [2.05, 4.69) is 36.9 Å². The second kappa shape index (κ2) is 5.63. The highest BCUT2D eigenvalue weighted by molar-refractivity contribution is 5.35. The highest BCUT2D eigenvalue weighted by Crippen LogP contribution is 2.25. The maximum absolute atomic E-state index is 5.97. The highest BCUT2D eigenvalue weighted by Gasteiger charge is 2.22. The van der Waals surface area contributed by atoms with E-state index >= 15 is 0 Å². The molecule has 2 N–H and O–H groups in total. The van der Waals surface area contributed by atoms with Gasteiger partial charge in [0.15, 0.2) is 0 Å². The fraction of sp³-hybridized carbons (Fsp3) is 0.571. The molecule has 1 aliphatic heterocycles. The predicted octanol–water partition coefficient (Wildman–Crippen LogP) is 1.64. The minimum Gasteiger partial charge on any atom is -0.379 e. The Morgan fingerprint density at radius 1 is 1.29 bits per heavy atom. The van der Waals surface area contributed by atoms with Crippen molar-refractivity contribution in [2.24, 2.45) is 5.73 Å². The van der Waals surface area contributed by atoms with E-state index in [9.17, 15) is 0 Å². The summed E-state index contributed by atoms with van der Waals surface area (Å²) in [7, 11) is 0. The zero-order valence-corrected chi connectivity index (χ0v) is 10.8. The summed E-state index contributed by atoms with van der Waals surface area (Å²) < 4.78 is 5.40. The van der Waals surface area contributed by atoms with Crippen molar-refractivity contribution in [3.05, 3.63) is 34.9 Å². The molecule has 3 heteroatoms. The van der Waals surface area contributed by atoms with Crippen LogP contribution in [0.3, 0.4) is 0 Å². The molecule has 0 saturated carbocycles. The Kier molecular flexibility index (Phi) is 4.15. The first-order chi connectivity index (χ1) is 8.24. The molecule has 0 aromatic heterocycles. The molecule has 2 rings (SSSR count). The van der Waals surface area contributed by atoms with Gasteiger partial charge in [0.1, 0.15) is 0 Å². The molecule has 1 atom stereocenters. The molecular formula is C14H22N2O. The monoisotopic (exact) mass is 234 g/mol. The number of benzene rings is 1. The van der Waals surface area contributed by atoms with Crippen LogP contribution in [-0.4, -0.2) is 37.7 Å². The molecule has 3 nitrogen and oxygen atoms in total. The average molecular weight is 234 g/mol. The number of morpholine rings is 1. The zero-order valence-electron chi connectivity index (χ0n) is 10.8. The molecule has 0 aliphatic carbocycles. The third-order valence-corrected chi connectivity index (χ3v) is 3.72. The van der Waals surface area contributed by atoms with Gasteiger partial charge in [0.25, 0.3) is 0 Å². The minimum atomic E-state index is 0.332. The van der Waals surface area contributed by atoms with Crippen LogP contribution in [0.15, 0.2) is 18.2 Å². The van der Waals surface area contributed by atoms with Crippen LogP contribution in [-0.2, 0) is 4.74 Å². The van der Waals surface area contributed by atoms with Gasteiger partial charge in [0, 0.05) is 25.7 Å². The van der Waals surface area contributed by atoms with E-state index in [0.29, 0.717) is 12.6 Å². The third kappa shape index (κ3) is 2.68. The lowest BCUT2D eigenvalue weighted by Gasteiger charge is -2.35. The van der Waals surface area contributed by atoms with Crippen molar-refractivity contribution in [3.8, 4) is 0 Å². The maximum atomic E-state index is 5.97. The first-order valence-corrected chi connectivity index (χ1v) is 6.32. The second-order valence-electron chi connectivity index (χ2n) is 4.69. The molecule has 17 heavy (non-hydrogen) atoms. The second-order valence-corrected chi connectivity index (χ2v) is 4.69. The molecule has 0 spiro atoms. The first-order valence-electron chi connectivity index (χ1n) is 6.32.